The maximum Gasteiger partial charge on any atom is 0.427 e. The van der Waals surface area contributed by atoms with Crippen molar-refractivity contribution in [2.75, 3.05) is 18.6 Å². The van der Waals surface area contributed by atoms with E-state index in [0.717, 1.165) is 21.2 Å². The van der Waals surface area contributed by atoms with Gasteiger partial charge in [0, 0.05) is 31.5 Å². The summed E-state index contributed by atoms with van der Waals surface area (Å²) in [5.41, 5.74) is 1.08. The molecule has 0 saturated heterocycles. The number of pyridine rings is 1. The largest absolute Gasteiger partial charge is 0.462 e. The zero-order valence-corrected chi connectivity index (χ0v) is 27.9. The third kappa shape index (κ3) is 12.1. The number of hydrogen-bond acceptors (Lipinski definition) is 3. The van der Waals surface area contributed by atoms with Crippen LogP contribution >= 0.6 is 17.4 Å². The zero-order chi connectivity index (χ0) is 33.4. The number of aromatic nitrogens is 1. The van der Waals surface area contributed by atoms with Gasteiger partial charge >= 0.3 is 6.18 Å². The zero-order valence-electron chi connectivity index (χ0n) is 25.9. The fourth-order valence-corrected chi connectivity index (χ4v) is 4.71. The van der Waals surface area contributed by atoms with Crippen LogP contribution in [0.5, 0.6) is 5.75 Å². The lowest BCUT2D eigenvalue weighted by molar-refractivity contribution is -0.363. The lowest BCUT2D eigenvalue weighted by atomic mass is 9.96. The van der Waals surface area contributed by atoms with Crippen LogP contribution < -0.4 is 14.6 Å². The smallest absolute Gasteiger partial charge is 0.427 e. The summed E-state index contributed by atoms with van der Waals surface area (Å²) >= 11 is 0. The topological polar surface area (TPSA) is 63.9 Å². The molecule has 0 aliphatic carbocycles. The van der Waals surface area contributed by atoms with Crippen LogP contribution in [0.1, 0.15) is 72.3 Å². The van der Waals surface area contributed by atoms with Crippen molar-refractivity contribution in [3.63, 3.8) is 0 Å². The molecule has 0 radical (unpaired) electrons. The number of hydrogen-bond donors (Lipinski definition) is 1. The van der Waals surface area contributed by atoms with E-state index in [-0.39, 0.29) is 18.0 Å². The van der Waals surface area contributed by atoms with Crippen molar-refractivity contribution in [1.82, 2.24) is 0 Å². The maximum atomic E-state index is 15.0. The molecule has 3 rings (SSSR count). The number of rotatable bonds is 7. The first-order chi connectivity index (χ1) is 20.2. The Morgan fingerprint density at radius 1 is 1.23 bits per heavy atom. The minimum Gasteiger partial charge on any atom is -0.462 e. The van der Waals surface area contributed by atoms with E-state index in [1.54, 1.807) is 43.1 Å². The molecule has 5 nitrogen and oxygen atoms in total. The fraction of sp³-hybridized carbons (Fsp3) is 0.452. The minimum absolute atomic E-state index is 0.0365. The van der Waals surface area contributed by atoms with Crippen LogP contribution in [0.3, 0.4) is 0 Å². The summed E-state index contributed by atoms with van der Waals surface area (Å²) in [6, 6.07) is 2.86. The molecule has 3 atom stereocenters. The minimum atomic E-state index is -5.17. The van der Waals surface area contributed by atoms with Gasteiger partial charge in [-0.2, -0.15) is 13.2 Å². The van der Waals surface area contributed by atoms with Gasteiger partial charge in [0.05, 0.1) is 6.54 Å². The van der Waals surface area contributed by atoms with Gasteiger partial charge in [0.25, 0.3) is 0 Å². The number of carbonyl (C=O) groups excluding carboxylic acids is 1. The number of aliphatic hydroxyl groups is 1. The Kier molecular flexibility index (Phi) is 18.4. The Bertz CT molecular complexity index is 1230. The van der Waals surface area contributed by atoms with E-state index < -0.39 is 29.9 Å². The quantitative estimate of drug-likeness (QED) is 0.141. The molecule has 2 aromatic rings. The Balaban J connectivity index is 0.00000232. The number of ether oxygens (including phenoxy) is 1. The highest BCUT2D eigenvalue weighted by Crippen LogP contribution is 2.43. The van der Waals surface area contributed by atoms with Crippen molar-refractivity contribution >= 4 is 29.0 Å². The molecule has 0 fully saturated rings. The molecular formula is C31H44F5N2O3P2+. The maximum absolute atomic E-state index is 15.0. The molecule has 0 saturated carbocycles. The molecule has 0 bridgehead atoms. The van der Waals surface area contributed by atoms with Crippen molar-refractivity contribution in [2.24, 2.45) is 0 Å². The third-order valence-corrected chi connectivity index (χ3v) is 7.27. The third-order valence-electron chi connectivity index (χ3n) is 5.66. The van der Waals surface area contributed by atoms with Crippen LogP contribution in [-0.2, 0) is 4.79 Å². The van der Waals surface area contributed by atoms with Crippen LogP contribution in [0.2, 0.25) is 0 Å². The first kappa shape index (κ1) is 40.3. The molecule has 2 N–H and O–H groups in total. The van der Waals surface area contributed by atoms with E-state index in [0.29, 0.717) is 42.7 Å². The van der Waals surface area contributed by atoms with Gasteiger partial charge < -0.3 is 14.7 Å². The Morgan fingerprint density at radius 2 is 1.84 bits per heavy atom. The van der Waals surface area contributed by atoms with Gasteiger partial charge in [-0.1, -0.05) is 83.3 Å². The second-order valence-electron chi connectivity index (χ2n) is 9.18. The average Bonchev–Trinajstić information content (AvgIpc) is 3.07. The molecule has 1 amide bonds. The normalized spacial score (nSPS) is 16.4. The number of aliphatic hydroxyl groups excluding tert-OH is 1. The van der Waals surface area contributed by atoms with Gasteiger partial charge in [-0.05, 0) is 30.9 Å². The lowest BCUT2D eigenvalue weighted by Gasteiger charge is -2.30. The molecule has 0 aromatic carbocycles. The number of alkyl halides is 4. The highest BCUT2D eigenvalue weighted by molar-refractivity contribution is 7.33. The van der Waals surface area contributed by atoms with E-state index in [2.05, 4.69) is 25.4 Å². The van der Waals surface area contributed by atoms with Crippen molar-refractivity contribution in [1.29, 1.82) is 0 Å². The molecule has 2 aromatic heterocycles. The van der Waals surface area contributed by atoms with Crippen LogP contribution in [-0.4, -0.2) is 36.3 Å². The van der Waals surface area contributed by atoms with Crippen LogP contribution in [0.15, 0.2) is 60.8 Å². The number of fused-ring (bicyclic) bond motifs is 1. The second kappa shape index (κ2) is 19.6. The first-order valence-corrected chi connectivity index (χ1v) is 15.4. The Labute approximate surface area is 256 Å². The summed E-state index contributed by atoms with van der Waals surface area (Å²) in [6.45, 7) is 14.2. The molecule has 1 aliphatic heterocycles. The Hall–Kier alpha value is -2.67. The van der Waals surface area contributed by atoms with E-state index in [4.69, 9.17) is 9.84 Å². The second-order valence-corrected chi connectivity index (χ2v) is 11.1. The van der Waals surface area contributed by atoms with Gasteiger partial charge in [0.2, 0.25) is 17.0 Å². The van der Waals surface area contributed by atoms with Gasteiger partial charge in [-0.15, -0.1) is 0 Å². The number of carbonyl (C=O) groups is 1. The van der Waals surface area contributed by atoms with Gasteiger partial charge in [-0.25, -0.2) is 13.8 Å². The van der Waals surface area contributed by atoms with E-state index >= 15 is 4.39 Å². The van der Waals surface area contributed by atoms with Gasteiger partial charge in [0.15, 0.2) is 6.20 Å². The molecule has 3 unspecified atom stereocenters. The number of H-pyrrole nitrogens is 1. The number of anilines is 1. The van der Waals surface area contributed by atoms with E-state index in [1.807, 2.05) is 20.8 Å². The highest BCUT2D eigenvalue weighted by atomic mass is 31.0. The van der Waals surface area contributed by atoms with Crippen LogP contribution in [0, 0.1) is 5.82 Å². The fourth-order valence-electron chi connectivity index (χ4n) is 3.69. The summed E-state index contributed by atoms with van der Waals surface area (Å²) in [6.07, 6.45) is 4.52. The average molecular weight is 650 g/mol. The van der Waals surface area contributed by atoms with Crippen LogP contribution in [0.25, 0.3) is 11.0 Å². The molecule has 3 heterocycles. The summed E-state index contributed by atoms with van der Waals surface area (Å²) < 4.78 is 74.7. The molecular weight excluding hydrogens is 605 g/mol. The number of nitrogens with zero attached hydrogens (tertiary/aromatic N) is 1. The summed E-state index contributed by atoms with van der Waals surface area (Å²) in [7, 11) is 2.66. The lowest BCUT2D eigenvalue weighted by Crippen LogP contribution is -2.48. The first-order valence-electron chi connectivity index (χ1n) is 13.9. The van der Waals surface area contributed by atoms with Gasteiger partial charge in [-0.3, -0.25) is 4.79 Å². The molecule has 1 aliphatic rings. The molecule has 12 heteroatoms. The SMILES string of the molecule is C=C/C=C\C=C(/C)Oc1cpc(-c2cc3c(c[nH+]2)N(CC(F)(P)C(F)(F)F)C(=O)CCC3C)c(F)c1.CC.CCC.CO. The van der Waals surface area contributed by atoms with Crippen molar-refractivity contribution in [3.05, 3.63) is 72.2 Å². The Morgan fingerprint density at radius 3 is 2.37 bits per heavy atom. The summed E-state index contributed by atoms with van der Waals surface area (Å²) in [5, 5.41) is 3.63. The standard InChI is InChI=1S/C25H25F5N2O2P2.C3H8.C2H6.CH4O/c1-4-5-6-7-16(3)34-17-10-19(26)23(36-13-17)20-11-18-15(2)8-9-22(33)32(21(18)12-31-20)14-24(27,35)25(28,29)30;1-3-2;2*1-2/h4-7,10-13,15H,1,8-9,14,35H2,2-3H3;3H2,1-2H3;1-2H3;2H,1H3/p+1/b6-5-,16-7+;;;. The molecule has 0 spiro atoms. The number of amides is 1. The number of nitrogens with one attached hydrogen (secondary N) is 1. The summed E-state index contributed by atoms with van der Waals surface area (Å²) in [5.74, 6) is 1.19. The van der Waals surface area contributed by atoms with Crippen molar-refractivity contribution in [3.8, 4) is 16.7 Å². The summed E-state index contributed by atoms with van der Waals surface area (Å²) in [4.78, 5) is 16.3. The number of halogens is 5. The monoisotopic (exact) mass is 649 g/mol. The number of aromatic amines is 1. The van der Waals surface area contributed by atoms with E-state index in [1.165, 1.54) is 18.7 Å². The van der Waals surface area contributed by atoms with E-state index in [9.17, 15) is 22.4 Å². The predicted molar refractivity (Wildman–Crippen MR) is 170 cm³/mol. The molecule has 240 valence electrons. The predicted octanol–water partition coefficient (Wildman–Crippen LogP) is 9.30. The van der Waals surface area contributed by atoms with Gasteiger partial charge in [0.1, 0.15) is 28.3 Å². The molecule has 43 heavy (non-hydrogen) atoms. The van der Waals surface area contributed by atoms with Crippen molar-refractivity contribution < 1.29 is 41.6 Å². The number of allylic oxidation sites excluding steroid dienone is 5. The highest BCUT2D eigenvalue weighted by Gasteiger charge is 2.54. The van der Waals surface area contributed by atoms with Crippen LogP contribution in [0.4, 0.5) is 27.6 Å². The van der Waals surface area contributed by atoms with Crippen molar-refractivity contribution in [2.45, 2.75) is 78.3 Å².